The van der Waals surface area contributed by atoms with Gasteiger partial charge in [0.25, 0.3) is 0 Å². The first kappa shape index (κ1) is 17.1. The molecule has 3 heteroatoms. The Morgan fingerprint density at radius 1 is 1.13 bits per heavy atom. The fraction of sp³-hybridized carbons (Fsp3) is 0.300. The third-order valence-electron chi connectivity index (χ3n) is 3.71. The topological polar surface area (TPSA) is 44.5 Å². The third kappa shape index (κ3) is 4.86. The number of hydrogen-bond donors (Lipinski definition) is 1. The maximum absolute atomic E-state index is 6.02. The van der Waals surface area contributed by atoms with Crippen LogP contribution in [-0.4, -0.2) is 13.7 Å². The molecular weight excluding hydrogens is 286 g/mol. The summed E-state index contributed by atoms with van der Waals surface area (Å²) >= 11 is 0. The second-order valence-electron chi connectivity index (χ2n) is 5.42. The Kier molecular flexibility index (Phi) is 6.70. The molecule has 2 rings (SSSR count). The molecule has 2 aromatic carbocycles. The van der Waals surface area contributed by atoms with Crippen LogP contribution in [-0.2, 0) is 19.4 Å². The molecule has 0 aliphatic rings. The minimum atomic E-state index is 0.481. The van der Waals surface area contributed by atoms with Crippen molar-refractivity contribution in [2.45, 2.75) is 25.8 Å². The van der Waals surface area contributed by atoms with Crippen LogP contribution in [0.15, 0.2) is 55.1 Å². The van der Waals surface area contributed by atoms with Gasteiger partial charge in [-0.2, -0.15) is 0 Å². The van der Waals surface area contributed by atoms with E-state index in [2.05, 4.69) is 36.9 Å². The molecule has 23 heavy (non-hydrogen) atoms. The van der Waals surface area contributed by atoms with Gasteiger partial charge in [0.1, 0.15) is 0 Å². The average molecular weight is 311 g/mol. The predicted molar refractivity (Wildman–Crippen MR) is 95.0 cm³/mol. The van der Waals surface area contributed by atoms with Crippen LogP contribution in [0.1, 0.15) is 23.1 Å². The highest BCUT2D eigenvalue weighted by atomic mass is 16.5. The molecule has 3 nitrogen and oxygen atoms in total. The van der Waals surface area contributed by atoms with Crippen molar-refractivity contribution in [1.82, 2.24) is 0 Å². The van der Waals surface area contributed by atoms with Gasteiger partial charge in [-0.25, -0.2) is 0 Å². The second-order valence-corrected chi connectivity index (χ2v) is 5.42. The first-order valence-corrected chi connectivity index (χ1v) is 7.96. The van der Waals surface area contributed by atoms with Crippen LogP contribution in [0.2, 0.25) is 0 Å². The van der Waals surface area contributed by atoms with Crippen LogP contribution in [0.4, 0.5) is 0 Å². The number of hydrogen-bond acceptors (Lipinski definition) is 3. The number of aryl methyl sites for hydroxylation is 1. The summed E-state index contributed by atoms with van der Waals surface area (Å²) in [6.45, 7) is 4.95. The van der Waals surface area contributed by atoms with E-state index in [0.29, 0.717) is 13.2 Å². The van der Waals surface area contributed by atoms with Gasteiger partial charge in [-0.3, -0.25) is 0 Å². The number of allylic oxidation sites excluding steroid dienone is 1. The maximum Gasteiger partial charge on any atom is 0.164 e. The van der Waals surface area contributed by atoms with Gasteiger partial charge in [0.15, 0.2) is 11.5 Å². The van der Waals surface area contributed by atoms with Crippen LogP contribution in [0.5, 0.6) is 11.5 Å². The Hall–Kier alpha value is -2.26. The van der Waals surface area contributed by atoms with E-state index in [4.69, 9.17) is 15.2 Å². The van der Waals surface area contributed by atoms with Gasteiger partial charge in [-0.1, -0.05) is 42.5 Å². The predicted octanol–water partition coefficient (Wildman–Crippen LogP) is 3.89. The van der Waals surface area contributed by atoms with Crippen molar-refractivity contribution in [3.05, 3.63) is 71.8 Å². The van der Waals surface area contributed by atoms with E-state index in [-0.39, 0.29) is 0 Å². The van der Waals surface area contributed by atoms with E-state index in [1.165, 1.54) is 5.56 Å². The molecule has 0 saturated heterocycles. The Labute approximate surface area is 138 Å². The lowest BCUT2D eigenvalue weighted by molar-refractivity contribution is 0.287. The number of benzene rings is 2. The molecule has 0 bridgehead atoms. The first-order chi connectivity index (χ1) is 11.3. The number of ether oxygens (including phenoxy) is 2. The smallest absolute Gasteiger partial charge is 0.164 e. The first-order valence-electron chi connectivity index (χ1n) is 7.96. The molecule has 0 spiro atoms. The molecule has 0 saturated carbocycles. The van der Waals surface area contributed by atoms with Crippen LogP contribution in [0.3, 0.4) is 0 Å². The Morgan fingerprint density at radius 2 is 1.91 bits per heavy atom. The summed E-state index contributed by atoms with van der Waals surface area (Å²) in [5.41, 5.74) is 9.19. The molecule has 0 atom stereocenters. The van der Waals surface area contributed by atoms with Crippen molar-refractivity contribution in [2.75, 3.05) is 13.7 Å². The summed E-state index contributed by atoms with van der Waals surface area (Å²) in [4.78, 5) is 0. The fourth-order valence-electron chi connectivity index (χ4n) is 2.56. The summed E-state index contributed by atoms with van der Waals surface area (Å²) in [5, 5.41) is 0. The highest BCUT2D eigenvalue weighted by molar-refractivity contribution is 5.50. The lowest BCUT2D eigenvalue weighted by Gasteiger charge is -2.16. The van der Waals surface area contributed by atoms with Crippen molar-refractivity contribution < 1.29 is 9.47 Å². The maximum atomic E-state index is 6.02. The summed E-state index contributed by atoms with van der Waals surface area (Å²) in [7, 11) is 1.66. The van der Waals surface area contributed by atoms with Crippen LogP contribution < -0.4 is 15.2 Å². The van der Waals surface area contributed by atoms with E-state index in [9.17, 15) is 0 Å². The van der Waals surface area contributed by atoms with Gasteiger partial charge in [-0.15, -0.1) is 6.58 Å². The molecule has 122 valence electrons. The quantitative estimate of drug-likeness (QED) is 0.564. The van der Waals surface area contributed by atoms with Crippen LogP contribution in [0.25, 0.3) is 0 Å². The Balaban J connectivity index is 2.03. The zero-order chi connectivity index (χ0) is 16.5. The highest BCUT2D eigenvalue weighted by Gasteiger charge is 2.12. The molecule has 0 unspecified atom stereocenters. The molecule has 0 amide bonds. The van der Waals surface area contributed by atoms with E-state index < -0.39 is 0 Å². The van der Waals surface area contributed by atoms with Gasteiger partial charge < -0.3 is 15.2 Å². The largest absolute Gasteiger partial charge is 0.493 e. The Morgan fingerprint density at radius 3 is 2.57 bits per heavy atom. The molecule has 0 fully saturated rings. The van der Waals surface area contributed by atoms with Crippen molar-refractivity contribution >= 4 is 0 Å². The van der Waals surface area contributed by atoms with E-state index in [1.807, 2.05) is 18.2 Å². The van der Waals surface area contributed by atoms with Gasteiger partial charge in [0, 0.05) is 12.1 Å². The zero-order valence-corrected chi connectivity index (χ0v) is 13.8. The summed E-state index contributed by atoms with van der Waals surface area (Å²) in [5.74, 6) is 1.54. The molecule has 0 radical (unpaired) electrons. The number of methoxy groups -OCH3 is 1. The van der Waals surface area contributed by atoms with Gasteiger partial charge in [-0.05, 0) is 36.5 Å². The standard InChI is InChI=1S/C20H25NO2/c1-3-8-18-13-17(15-21)14-19(22-2)20(18)23-12-7-11-16-9-5-4-6-10-16/h3-6,9-10,13-14H,1,7-8,11-12,15,21H2,2H3. The van der Waals surface area contributed by atoms with E-state index >= 15 is 0 Å². The number of rotatable bonds is 9. The molecule has 0 aliphatic heterocycles. The second kappa shape index (κ2) is 9.01. The molecule has 0 aliphatic carbocycles. The minimum absolute atomic E-state index is 0.481. The molecule has 0 aromatic heterocycles. The molecule has 2 aromatic rings. The van der Waals surface area contributed by atoms with Crippen LogP contribution in [0, 0.1) is 0 Å². The lowest BCUT2D eigenvalue weighted by atomic mass is 10.1. The zero-order valence-electron chi connectivity index (χ0n) is 13.8. The van der Waals surface area contributed by atoms with Crippen LogP contribution >= 0.6 is 0 Å². The van der Waals surface area contributed by atoms with Gasteiger partial charge in [0.2, 0.25) is 0 Å². The van der Waals surface area contributed by atoms with Crippen molar-refractivity contribution in [1.29, 1.82) is 0 Å². The monoisotopic (exact) mass is 311 g/mol. The SMILES string of the molecule is C=CCc1cc(CN)cc(OC)c1OCCCc1ccccc1. The summed E-state index contributed by atoms with van der Waals surface area (Å²) < 4.78 is 11.5. The third-order valence-corrected chi connectivity index (χ3v) is 3.71. The minimum Gasteiger partial charge on any atom is -0.493 e. The van der Waals surface area contributed by atoms with Crippen molar-refractivity contribution in [2.24, 2.45) is 5.73 Å². The van der Waals surface area contributed by atoms with Gasteiger partial charge >= 0.3 is 0 Å². The normalized spacial score (nSPS) is 10.3. The van der Waals surface area contributed by atoms with Crippen molar-refractivity contribution in [3.8, 4) is 11.5 Å². The number of nitrogens with two attached hydrogens (primary N) is 1. The molecular formula is C20H25NO2. The average Bonchev–Trinajstić information content (AvgIpc) is 2.60. The molecule has 2 N–H and O–H groups in total. The lowest BCUT2D eigenvalue weighted by Crippen LogP contribution is -2.06. The van der Waals surface area contributed by atoms with Crippen molar-refractivity contribution in [3.63, 3.8) is 0 Å². The Bertz CT molecular complexity index is 623. The summed E-state index contributed by atoms with van der Waals surface area (Å²) in [6.07, 6.45) is 4.56. The fourth-order valence-corrected chi connectivity index (χ4v) is 2.56. The van der Waals surface area contributed by atoms with E-state index in [1.54, 1.807) is 7.11 Å². The van der Waals surface area contributed by atoms with E-state index in [0.717, 1.165) is 41.9 Å². The summed E-state index contributed by atoms with van der Waals surface area (Å²) in [6, 6.07) is 14.4. The molecule has 0 heterocycles. The van der Waals surface area contributed by atoms with Gasteiger partial charge in [0.05, 0.1) is 13.7 Å². The highest BCUT2D eigenvalue weighted by Crippen LogP contribution is 2.33.